The molecule has 1 amide bonds. The molecule has 1 aromatic heterocycles. The topological polar surface area (TPSA) is 92.7 Å². The number of rotatable bonds is 6. The summed E-state index contributed by atoms with van der Waals surface area (Å²) >= 11 is 1.37. The Kier molecular flexibility index (Phi) is 5.37. The summed E-state index contributed by atoms with van der Waals surface area (Å²) in [5.41, 5.74) is 1.91. The number of hydrogen-bond donors (Lipinski definition) is 2. The van der Waals surface area contributed by atoms with Crippen LogP contribution >= 0.6 is 11.3 Å². The van der Waals surface area contributed by atoms with Crippen LogP contribution in [0, 0.1) is 0 Å². The Bertz CT molecular complexity index is 843. The predicted molar refractivity (Wildman–Crippen MR) is 97.7 cm³/mol. The summed E-state index contributed by atoms with van der Waals surface area (Å²) in [7, 11) is 1.31. The van der Waals surface area contributed by atoms with Crippen LogP contribution in [-0.4, -0.2) is 30.1 Å². The molecule has 1 heterocycles. The van der Waals surface area contributed by atoms with Crippen molar-refractivity contribution in [1.29, 1.82) is 0 Å². The lowest BCUT2D eigenvalue weighted by Gasteiger charge is -2.13. The lowest BCUT2D eigenvalue weighted by molar-refractivity contribution is -0.140. The molecule has 0 saturated carbocycles. The molecule has 2 N–H and O–H groups in total. The second kappa shape index (κ2) is 7.70. The molecule has 7 heteroatoms. The molecule has 0 bridgehead atoms. The van der Waals surface area contributed by atoms with Crippen LogP contribution in [0.5, 0.6) is 0 Å². The van der Waals surface area contributed by atoms with Crippen molar-refractivity contribution < 1.29 is 24.2 Å². The highest BCUT2D eigenvalue weighted by atomic mass is 32.1. The number of anilines is 1. The molecule has 0 aliphatic heterocycles. The molecule has 2 aromatic rings. The Morgan fingerprint density at radius 1 is 1.23 bits per heavy atom. The van der Waals surface area contributed by atoms with Crippen molar-refractivity contribution in [3.8, 4) is 0 Å². The number of esters is 1. The Balaban J connectivity index is 1.80. The van der Waals surface area contributed by atoms with Gasteiger partial charge in [-0.1, -0.05) is 30.3 Å². The highest BCUT2D eigenvalue weighted by Gasteiger charge is 2.29. The smallest absolute Gasteiger partial charge is 0.341 e. The second-order valence-corrected chi connectivity index (χ2v) is 7.21. The van der Waals surface area contributed by atoms with Crippen molar-refractivity contribution >= 4 is 34.2 Å². The van der Waals surface area contributed by atoms with Crippen LogP contribution in [0.3, 0.4) is 0 Å². The van der Waals surface area contributed by atoms with E-state index in [1.54, 1.807) is 30.3 Å². The zero-order chi connectivity index (χ0) is 18.7. The highest BCUT2D eigenvalue weighted by molar-refractivity contribution is 7.17. The summed E-state index contributed by atoms with van der Waals surface area (Å²) < 4.78 is 4.85. The third-order valence-corrected chi connectivity index (χ3v) is 5.66. The van der Waals surface area contributed by atoms with Gasteiger partial charge in [0.2, 0.25) is 5.91 Å². The number of ether oxygens (including phenoxy) is 1. The lowest BCUT2D eigenvalue weighted by atomic mass is 9.95. The summed E-state index contributed by atoms with van der Waals surface area (Å²) in [4.78, 5) is 37.3. The summed E-state index contributed by atoms with van der Waals surface area (Å²) in [5, 5.41) is 12.6. The molecule has 0 radical (unpaired) electrons. The standard InChI is InChI=1S/C19H19NO5S/c1-25-19(24)16-12-8-5-9-14(12)26-17(16)20-15(21)10-13(18(22)23)11-6-3-2-4-7-11/h2-4,6-7,13H,5,8-10H2,1H3,(H,20,21)(H,22,23)/t13-/m1/s1. The maximum absolute atomic E-state index is 12.5. The SMILES string of the molecule is COC(=O)c1c(NC(=O)C[C@@H](C(=O)O)c2ccccc2)sc2c1CCC2. The van der Waals surface area contributed by atoms with Gasteiger partial charge in [-0.2, -0.15) is 0 Å². The van der Waals surface area contributed by atoms with Crippen LogP contribution in [0.4, 0.5) is 5.00 Å². The third kappa shape index (κ3) is 3.62. The fourth-order valence-corrected chi connectivity index (χ4v) is 4.50. The van der Waals surface area contributed by atoms with Gasteiger partial charge in [-0.3, -0.25) is 9.59 Å². The number of methoxy groups -OCH3 is 1. The van der Waals surface area contributed by atoms with Gasteiger partial charge in [0.25, 0.3) is 0 Å². The van der Waals surface area contributed by atoms with Crippen molar-refractivity contribution in [1.82, 2.24) is 0 Å². The maximum atomic E-state index is 12.5. The molecule has 0 spiro atoms. The zero-order valence-electron chi connectivity index (χ0n) is 14.3. The number of aliphatic carboxylic acids is 1. The fourth-order valence-electron chi connectivity index (χ4n) is 3.21. The number of hydrogen-bond acceptors (Lipinski definition) is 5. The summed E-state index contributed by atoms with van der Waals surface area (Å²) in [6, 6.07) is 8.64. The molecule has 0 fully saturated rings. The molecule has 136 valence electrons. The van der Waals surface area contributed by atoms with Gasteiger partial charge in [-0.05, 0) is 30.4 Å². The molecule has 1 aliphatic carbocycles. The van der Waals surface area contributed by atoms with Crippen molar-refractivity contribution in [3.63, 3.8) is 0 Å². The molecule has 3 rings (SSSR count). The first-order chi connectivity index (χ1) is 12.5. The van der Waals surface area contributed by atoms with E-state index in [4.69, 9.17) is 4.74 Å². The van der Waals surface area contributed by atoms with Gasteiger partial charge in [0.1, 0.15) is 5.00 Å². The number of benzene rings is 1. The first-order valence-corrected chi connectivity index (χ1v) is 9.13. The fraction of sp³-hybridized carbons (Fsp3) is 0.316. The van der Waals surface area contributed by atoms with Gasteiger partial charge >= 0.3 is 11.9 Å². The van der Waals surface area contributed by atoms with Crippen LogP contribution in [0.15, 0.2) is 30.3 Å². The van der Waals surface area contributed by atoms with E-state index >= 15 is 0 Å². The van der Waals surface area contributed by atoms with Gasteiger partial charge < -0.3 is 15.2 Å². The minimum atomic E-state index is -1.06. The van der Waals surface area contributed by atoms with Crippen LogP contribution in [0.1, 0.15) is 45.1 Å². The number of carbonyl (C=O) groups excluding carboxylic acids is 2. The molecular formula is C19H19NO5S. The Morgan fingerprint density at radius 2 is 1.96 bits per heavy atom. The monoisotopic (exact) mass is 373 g/mol. The molecular weight excluding hydrogens is 354 g/mol. The number of carbonyl (C=O) groups is 3. The molecule has 6 nitrogen and oxygen atoms in total. The van der Waals surface area contributed by atoms with Crippen molar-refractivity contribution in [2.45, 2.75) is 31.6 Å². The average molecular weight is 373 g/mol. The Hall–Kier alpha value is -2.67. The van der Waals surface area contributed by atoms with Crippen molar-refractivity contribution in [2.75, 3.05) is 12.4 Å². The van der Waals surface area contributed by atoms with E-state index in [1.807, 2.05) is 0 Å². The summed E-state index contributed by atoms with van der Waals surface area (Å²) in [6.45, 7) is 0. The van der Waals surface area contributed by atoms with Crippen LogP contribution in [-0.2, 0) is 27.2 Å². The van der Waals surface area contributed by atoms with Crippen LogP contribution < -0.4 is 5.32 Å². The van der Waals surface area contributed by atoms with Gasteiger partial charge in [0, 0.05) is 11.3 Å². The van der Waals surface area contributed by atoms with E-state index in [-0.39, 0.29) is 6.42 Å². The molecule has 26 heavy (non-hydrogen) atoms. The van der Waals surface area contributed by atoms with E-state index < -0.39 is 23.8 Å². The highest BCUT2D eigenvalue weighted by Crippen LogP contribution is 2.39. The largest absolute Gasteiger partial charge is 0.481 e. The number of aryl methyl sites for hydroxylation is 1. The second-order valence-electron chi connectivity index (χ2n) is 6.11. The average Bonchev–Trinajstić information content (AvgIpc) is 3.20. The zero-order valence-corrected chi connectivity index (χ0v) is 15.1. The normalized spacial score (nSPS) is 13.7. The first-order valence-electron chi connectivity index (χ1n) is 8.31. The number of carboxylic acid groups (broad SMARTS) is 1. The third-order valence-electron chi connectivity index (χ3n) is 4.45. The molecule has 1 atom stereocenters. The predicted octanol–water partition coefficient (Wildman–Crippen LogP) is 3.22. The molecule has 1 aromatic carbocycles. The maximum Gasteiger partial charge on any atom is 0.341 e. The van der Waals surface area contributed by atoms with Gasteiger partial charge in [-0.25, -0.2) is 4.79 Å². The quantitative estimate of drug-likeness (QED) is 0.759. The number of nitrogens with one attached hydrogen (secondary N) is 1. The number of fused-ring (bicyclic) bond motifs is 1. The van der Waals surface area contributed by atoms with E-state index in [0.717, 1.165) is 29.7 Å². The number of thiophene rings is 1. The van der Waals surface area contributed by atoms with Crippen molar-refractivity contribution in [3.05, 3.63) is 51.9 Å². The Labute approximate surface area is 154 Å². The number of amides is 1. The first kappa shape index (κ1) is 18.1. The van der Waals surface area contributed by atoms with E-state index in [2.05, 4.69) is 5.32 Å². The Morgan fingerprint density at radius 3 is 2.62 bits per heavy atom. The van der Waals surface area contributed by atoms with E-state index in [1.165, 1.54) is 18.4 Å². The number of carboxylic acids is 1. The van der Waals surface area contributed by atoms with Gasteiger partial charge in [0.15, 0.2) is 0 Å². The minimum absolute atomic E-state index is 0.206. The summed E-state index contributed by atoms with van der Waals surface area (Å²) in [5.74, 6) is -2.92. The van der Waals surface area contributed by atoms with Crippen molar-refractivity contribution in [2.24, 2.45) is 0 Å². The van der Waals surface area contributed by atoms with Gasteiger partial charge in [0.05, 0.1) is 18.6 Å². The van der Waals surface area contributed by atoms with E-state index in [9.17, 15) is 19.5 Å². The molecule has 0 saturated heterocycles. The molecule has 1 aliphatic rings. The molecule has 0 unspecified atom stereocenters. The minimum Gasteiger partial charge on any atom is -0.481 e. The lowest BCUT2D eigenvalue weighted by Crippen LogP contribution is -2.21. The van der Waals surface area contributed by atoms with Crippen LogP contribution in [0.25, 0.3) is 0 Å². The summed E-state index contributed by atoms with van der Waals surface area (Å²) in [6.07, 6.45) is 2.44. The van der Waals surface area contributed by atoms with Gasteiger partial charge in [-0.15, -0.1) is 11.3 Å². The van der Waals surface area contributed by atoms with E-state index in [0.29, 0.717) is 16.1 Å². The van der Waals surface area contributed by atoms with Crippen LogP contribution in [0.2, 0.25) is 0 Å².